The van der Waals surface area contributed by atoms with Gasteiger partial charge in [0.2, 0.25) is 10.0 Å². The van der Waals surface area contributed by atoms with Crippen LogP contribution in [0.25, 0.3) is 0 Å². The second-order valence-electron chi connectivity index (χ2n) is 6.36. The number of imide groups is 1. The third-order valence-electron chi connectivity index (χ3n) is 4.34. The third kappa shape index (κ3) is 5.37. The molecule has 0 unspecified atom stereocenters. The van der Waals surface area contributed by atoms with Crippen LogP contribution in [0.1, 0.15) is 79.0 Å². The number of hydrogen-bond acceptors (Lipinski definition) is 4. The van der Waals surface area contributed by atoms with Crippen LogP contribution in [0.15, 0.2) is 23.1 Å². The number of fused-ring (bicyclic) bond motifs is 1. The van der Waals surface area contributed by atoms with Crippen molar-refractivity contribution < 1.29 is 18.0 Å². The highest BCUT2D eigenvalue weighted by Crippen LogP contribution is 2.20. The molecule has 0 radical (unpaired) electrons. The summed E-state index contributed by atoms with van der Waals surface area (Å²) in [7, 11) is -3.67. The van der Waals surface area contributed by atoms with Gasteiger partial charge in [-0.3, -0.25) is 14.9 Å². The van der Waals surface area contributed by atoms with Crippen molar-refractivity contribution in [3.63, 3.8) is 0 Å². The van der Waals surface area contributed by atoms with E-state index in [0.717, 1.165) is 19.3 Å². The summed E-state index contributed by atoms with van der Waals surface area (Å²) < 4.78 is 27.2. The lowest BCUT2D eigenvalue weighted by Gasteiger charge is -2.07. The molecule has 0 spiro atoms. The van der Waals surface area contributed by atoms with Gasteiger partial charge in [-0.1, -0.05) is 51.9 Å². The summed E-state index contributed by atoms with van der Waals surface area (Å²) in [5.41, 5.74) is 0.326. The minimum Gasteiger partial charge on any atom is -0.288 e. The van der Waals surface area contributed by atoms with Crippen LogP contribution in [0.3, 0.4) is 0 Å². The number of carbonyl (C=O) groups is 2. The average molecular weight is 366 g/mol. The quantitative estimate of drug-likeness (QED) is 0.465. The zero-order chi connectivity index (χ0) is 18.3. The van der Waals surface area contributed by atoms with Gasteiger partial charge in [0.15, 0.2) is 0 Å². The van der Waals surface area contributed by atoms with Gasteiger partial charge in [0.05, 0.1) is 16.0 Å². The Morgan fingerprint density at radius 3 is 2.16 bits per heavy atom. The Morgan fingerprint density at radius 1 is 0.880 bits per heavy atom. The van der Waals surface area contributed by atoms with E-state index >= 15 is 0 Å². The van der Waals surface area contributed by atoms with E-state index in [1.165, 1.54) is 50.3 Å². The number of nitrogens with one attached hydrogen (secondary N) is 2. The van der Waals surface area contributed by atoms with Gasteiger partial charge in [-0.05, 0) is 24.6 Å². The van der Waals surface area contributed by atoms with Gasteiger partial charge in [-0.15, -0.1) is 0 Å². The molecular weight excluding hydrogens is 340 g/mol. The van der Waals surface area contributed by atoms with E-state index in [4.69, 9.17) is 0 Å². The van der Waals surface area contributed by atoms with Crippen molar-refractivity contribution in [3.8, 4) is 0 Å². The lowest BCUT2D eigenvalue weighted by molar-refractivity contribution is 0.0879. The zero-order valence-corrected chi connectivity index (χ0v) is 15.5. The molecule has 0 aliphatic carbocycles. The molecule has 7 heteroatoms. The maximum atomic E-state index is 12.3. The van der Waals surface area contributed by atoms with E-state index in [-0.39, 0.29) is 16.0 Å². The minimum absolute atomic E-state index is 0.00988. The summed E-state index contributed by atoms with van der Waals surface area (Å²) in [5.74, 6) is -1.05. The second-order valence-corrected chi connectivity index (χ2v) is 8.13. The molecule has 0 saturated carbocycles. The number of unbranched alkanes of at least 4 members (excludes halogenated alkanes) is 7. The maximum Gasteiger partial charge on any atom is 0.258 e. The summed E-state index contributed by atoms with van der Waals surface area (Å²) in [6.07, 6.45) is 9.14. The first kappa shape index (κ1) is 19.6. The Bertz CT molecular complexity index is 729. The van der Waals surface area contributed by atoms with Crippen molar-refractivity contribution in [2.24, 2.45) is 0 Å². The molecule has 2 rings (SSSR count). The van der Waals surface area contributed by atoms with E-state index < -0.39 is 21.8 Å². The standard InChI is InChI=1S/C18H26N2O4S/c1-2-3-4-5-6-7-8-9-12-19-25(23,24)14-10-11-15-16(13-14)18(22)20-17(15)21/h10-11,13,19H,2-9,12H2,1H3,(H,20,21,22). The molecular formula is C18H26N2O4S. The van der Waals surface area contributed by atoms with Crippen LogP contribution in [-0.4, -0.2) is 26.8 Å². The molecule has 6 nitrogen and oxygen atoms in total. The predicted octanol–water partition coefficient (Wildman–Crippen LogP) is 2.99. The Kier molecular flexibility index (Phi) is 7.13. The summed E-state index contributed by atoms with van der Waals surface area (Å²) in [6, 6.07) is 3.99. The lowest BCUT2D eigenvalue weighted by atomic mass is 10.1. The Balaban J connectivity index is 1.78. The molecule has 0 aromatic heterocycles. The number of rotatable bonds is 11. The summed E-state index contributed by atoms with van der Waals surface area (Å²) in [4.78, 5) is 23.1. The molecule has 0 fully saturated rings. The first-order chi connectivity index (χ1) is 12.0. The van der Waals surface area contributed by atoms with Crippen molar-refractivity contribution in [1.29, 1.82) is 0 Å². The van der Waals surface area contributed by atoms with Crippen LogP contribution >= 0.6 is 0 Å². The van der Waals surface area contributed by atoms with Gasteiger partial charge in [0, 0.05) is 6.54 Å². The predicted molar refractivity (Wildman–Crippen MR) is 96.0 cm³/mol. The third-order valence-corrected chi connectivity index (χ3v) is 5.80. The largest absolute Gasteiger partial charge is 0.288 e. The smallest absolute Gasteiger partial charge is 0.258 e. The molecule has 0 saturated heterocycles. The fourth-order valence-electron chi connectivity index (χ4n) is 2.86. The van der Waals surface area contributed by atoms with E-state index in [9.17, 15) is 18.0 Å². The highest BCUT2D eigenvalue weighted by Gasteiger charge is 2.28. The summed E-state index contributed by atoms with van der Waals surface area (Å²) in [5, 5.41) is 2.15. The first-order valence-electron chi connectivity index (χ1n) is 8.95. The van der Waals surface area contributed by atoms with Crippen molar-refractivity contribution >= 4 is 21.8 Å². The van der Waals surface area contributed by atoms with Crippen molar-refractivity contribution in [1.82, 2.24) is 10.0 Å². The minimum atomic E-state index is -3.67. The monoisotopic (exact) mass is 366 g/mol. The van der Waals surface area contributed by atoms with Gasteiger partial charge in [-0.25, -0.2) is 13.1 Å². The molecule has 1 aromatic carbocycles. The Morgan fingerprint density at radius 2 is 1.48 bits per heavy atom. The van der Waals surface area contributed by atoms with Gasteiger partial charge >= 0.3 is 0 Å². The maximum absolute atomic E-state index is 12.3. The van der Waals surface area contributed by atoms with Crippen molar-refractivity contribution in [2.75, 3.05) is 6.54 Å². The first-order valence-corrected chi connectivity index (χ1v) is 10.4. The SMILES string of the molecule is CCCCCCCCCCNS(=O)(=O)c1ccc2c(c1)C(=O)NC2=O. The highest BCUT2D eigenvalue weighted by atomic mass is 32.2. The van der Waals surface area contributed by atoms with Gasteiger partial charge < -0.3 is 0 Å². The molecule has 138 valence electrons. The average Bonchev–Trinajstić information content (AvgIpc) is 2.87. The zero-order valence-electron chi connectivity index (χ0n) is 14.6. The van der Waals surface area contributed by atoms with E-state index in [0.29, 0.717) is 6.54 Å². The molecule has 0 bridgehead atoms. The molecule has 1 heterocycles. The van der Waals surface area contributed by atoms with Crippen LogP contribution in [0, 0.1) is 0 Å². The second kappa shape index (κ2) is 9.10. The van der Waals surface area contributed by atoms with Crippen molar-refractivity contribution in [2.45, 2.75) is 63.2 Å². The fraction of sp³-hybridized carbons (Fsp3) is 0.556. The van der Waals surface area contributed by atoms with Gasteiger partial charge in [0.1, 0.15) is 0 Å². The van der Waals surface area contributed by atoms with E-state index in [1.807, 2.05) is 0 Å². The number of benzene rings is 1. The van der Waals surface area contributed by atoms with Crippen LogP contribution in [0.4, 0.5) is 0 Å². The fourth-order valence-corrected chi connectivity index (χ4v) is 3.96. The van der Waals surface area contributed by atoms with Gasteiger partial charge in [-0.2, -0.15) is 0 Å². The molecule has 0 atom stereocenters. The summed E-state index contributed by atoms with van der Waals surface area (Å²) in [6.45, 7) is 2.57. The number of carbonyl (C=O) groups excluding carboxylic acids is 2. The molecule has 1 aliphatic heterocycles. The summed E-state index contributed by atoms with van der Waals surface area (Å²) >= 11 is 0. The van der Waals surface area contributed by atoms with Crippen LogP contribution in [0.5, 0.6) is 0 Å². The lowest BCUT2D eigenvalue weighted by Crippen LogP contribution is -2.25. The Hall–Kier alpha value is -1.73. The molecule has 2 amide bonds. The number of hydrogen-bond donors (Lipinski definition) is 2. The Labute approximate surface area is 149 Å². The normalized spacial score (nSPS) is 13.8. The molecule has 25 heavy (non-hydrogen) atoms. The molecule has 2 N–H and O–H groups in total. The number of amides is 2. The number of sulfonamides is 1. The topological polar surface area (TPSA) is 92.3 Å². The van der Waals surface area contributed by atoms with Gasteiger partial charge in [0.25, 0.3) is 11.8 Å². The molecule has 1 aromatic rings. The van der Waals surface area contributed by atoms with Crippen LogP contribution in [-0.2, 0) is 10.0 Å². The van der Waals surface area contributed by atoms with Crippen LogP contribution < -0.4 is 10.0 Å². The highest BCUT2D eigenvalue weighted by molar-refractivity contribution is 7.89. The van der Waals surface area contributed by atoms with Crippen LogP contribution in [0.2, 0.25) is 0 Å². The molecule has 1 aliphatic rings. The van der Waals surface area contributed by atoms with Crippen molar-refractivity contribution in [3.05, 3.63) is 29.3 Å². The van der Waals surface area contributed by atoms with E-state index in [2.05, 4.69) is 17.0 Å². The van der Waals surface area contributed by atoms with E-state index in [1.54, 1.807) is 0 Å².